The summed E-state index contributed by atoms with van der Waals surface area (Å²) < 4.78 is 5.26. The van der Waals surface area contributed by atoms with Crippen LogP contribution in [-0.2, 0) is 12.8 Å². The van der Waals surface area contributed by atoms with Gasteiger partial charge < -0.3 is 4.74 Å². The van der Waals surface area contributed by atoms with Crippen LogP contribution in [0.5, 0.6) is 5.75 Å². The molecule has 0 N–H and O–H groups in total. The van der Waals surface area contributed by atoms with Crippen molar-refractivity contribution in [2.24, 2.45) is 5.92 Å². The Morgan fingerprint density at radius 2 is 2.14 bits per heavy atom. The molecular weight excluding hydrogens is 172 g/mol. The SMILES string of the molecule is COc1ccc2c(c1)CC(C)CCC2. The highest BCUT2D eigenvalue weighted by Gasteiger charge is 2.13. The second kappa shape index (κ2) is 4.04. The molecule has 1 atom stereocenters. The molecule has 0 fully saturated rings. The Morgan fingerprint density at radius 1 is 1.29 bits per heavy atom. The number of hydrogen-bond donors (Lipinski definition) is 0. The van der Waals surface area contributed by atoms with Gasteiger partial charge in [-0.1, -0.05) is 19.4 Å². The molecule has 1 aromatic rings. The molecule has 0 bridgehead atoms. The van der Waals surface area contributed by atoms with Gasteiger partial charge in [-0.25, -0.2) is 0 Å². The van der Waals surface area contributed by atoms with E-state index >= 15 is 0 Å². The van der Waals surface area contributed by atoms with Gasteiger partial charge in [0.1, 0.15) is 5.75 Å². The summed E-state index contributed by atoms with van der Waals surface area (Å²) in [5, 5.41) is 0. The topological polar surface area (TPSA) is 9.23 Å². The van der Waals surface area contributed by atoms with Gasteiger partial charge in [0.05, 0.1) is 7.11 Å². The molecule has 1 aromatic carbocycles. The maximum absolute atomic E-state index is 5.26. The van der Waals surface area contributed by atoms with E-state index < -0.39 is 0 Å². The molecule has 0 saturated heterocycles. The van der Waals surface area contributed by atoms with E-state index in [4.69, 9.17) is 4.74 Å². The van der Waals surface area contributed by atoms with E-state index in [0.717, 1.165) is 11.7 Å². The summed E-state index contributed by atoms with van der Waals surface area (Å²) in [4.78, 5) is 0. The fourth-order valence-electron chi connectivity index (χ4n) is 2.28. The van der Waals surface area contributed by atoms with E-state index in [0.29, 0.717) is 0 Å². The number of methoxy groups -OCH3 is 1. The number of hydrogen-bond acceptors (Lipinski definition) is 1. The predicted octanol–water partition coefficient (Wildman–Crippen LogP) is 3.21. The second-order valence-corrected chi connectivity index (χ2v) is 4.34. The van der Waals surface area contributed by atoms with Crippen molar-refractivity contribution >= 4 is 0 Å². The molecule has 0 amide bonds. The van der Waals surface area contributed by atoms with Gasteiger partial charge in [0.25, 0.3) is 0 Å². The summed E-state index contributed by atoms with van der Waals surface area (Å²) in [6.07, 6.45) is 5.15. The van der Waals surface area contributed by atoms with Crippen molar-refractivity contribution in [2.45, 2.75) is 32.6 Å². The minimum atomic E-state index is 0.823. The highest BCUT2D eigenvalue weighted by molar-refractivity contribution is 5.36. The highest BCUT2D eigenvalue weighted by atomic mass is 16.5. The van der Waals surface area contributed by atoms with Gasteiger partial charge >= 0.3 is 0 Å². The largest absolute Gasteiger partial charge is 0.497 e. The predicted molar refractivity (Wildman–Crippen MR) is 58.8 cm³/mol. The third-order valence-electron chi connectivity index (χ3n) is 3.12. The normalized spacial score (nSPS) is 21.1. The van der Waals surface area contributed by atoms with Gasteiger partial charge in [-0.05, 0) is 48.4 Å². The average Bonchev–Trinajstić information content (AvgIpc) is 2.37. The first-order chi connectivity index (χ1) is 6.79. The molecule has 1 aliphatic rings. The summed E-state index contributed by atoms with van der Waals surface area (Å²) in [7, 11) is 1.74. The fraction of sp³-hybridized carbons (Fsp3) is 0.538. The Labute approximate surface area is 86.1 Å². The lowest BCUT2D eigenvalue weighted by molar-refractivity contribution is 0.413. The van der Waals surface area contributed by atoms with E-state index in [2.05, 4.69) is 25.1 Å². The van der Waals surface area contributed by atoms with E-state index in [1.807, 2.05) is 0 Å². The molecule has 1 unspecified atom stereocenters. The van der Waals surface area contributed by atoms with E-state index in [1.54, 1.807) is 7.11 Å². The minimum Gasteiger partial charge on any atom is -0.497 e. The third-order valence-corrected chi connectivity index (χ3v) is 3.12. The summed E-state index contributed by atoms with van der Waals surface area (Å²) in [5.74, 6) is 1.82. The Morgan fingerprint density at radius 3 is 2.93 bits per heavy atom. The van der Waals surface area contributed by atoms with Crippen LogP contribution in [-0.4, -0.2) is 7.11 Å². The zero-order valence-corrected chi connectivity index (χ0v) is 9.05. The Balaban J connectivity index is 2.32. The molecule has 0 heterocycles. The van der Waals surface area contributed by atoms with E-state index in [1.165, 1.54) is 36.8 Å². The molecule has 0 spiro atoms. The average molecular weight is 190 g/mol. The number of fused-ring (bicyclic) bond motifs is 1. The Hall–Kier alpha value is -0.980. The van der Waals surface area contributed by atoms with Crippen molar-refractivity contribution in [1.29, 1.82) is 0 Å². The molecule has 0 saturated carbocycles. The van der Waals surface area contributed by atoms with Crippen LogP contribution >= 0.6 is 0 Å². The van der Waals surface area contributed by atoms with Crippen molar-refractivity contribution in [3.8, 4) is 5.75 Å². The first-order valence-electron chi connectivity index (χ1n) is 5.45. The van der Waals surface area contributed by atoms with Crippen LogP contribution in [0.15, 0.2) is 18.2 Å². The van der Waals surface area contributed by atoms with Gasteiger partial charge in [0.15, 0.2) is 0 Å². The molecule has 0 aliphatic heterocycles. The molecule has 1 heteroatoms. The maximum Gasteiger partial charge on any atom is 0.119 e. The Kier molecular flexibility index (Phi) is 2.76. The zero-order valence-electron chi connectivity index (χ0n) is 9.05. The van der Waals surface area contributed by atoms with Crippen molar-refractivity contribution in [1.82, 2.24) is 0 Å². The number of benzene rings is 1. The molecule has 0 aromatic heterocycles. The summed E-state index contributed by atoms with van der Waals surface area (Å²) in [6.45, 7) is 2.34. The van der Waals surface area contributed by atoms with Crippen molar-refractivity contribution in [3.63, 3.8) is 0 Å². The lowest BCUT2D eigenvalue weighted by Crippen LogP contribution is -1.98. The van der Waals surface area contributed by atoms with Gasteiger partial charge in [-0.3, -0.25) is 0 Å². The minimum absolute atomic E-state index is 0.823. The first kappa shape index (κ1) is 9.57. The van der Waals surface area contributed by atoms with Gasteiger partial charge in [0.2, 0.25) is 0 Å². The van der Waals surface area contributed by atoms with Gasteiger partial charge in [0, 0.05) is 0 Å². The van der Waals surface area contributed by atoms with Crippen LogP contribution in [0.3, 0.4) is 0 Å². The van der Waals surface area contributed by atoms with Crippen molar-refractivity contribution in [2.75, 3.05) is 7.11 Å². The maximum atomic E-state index is 5.26. The fourth-order valence-corrected chi connectivity index (χ4v) is 2.28. The van der Waals surface area contributed by atoms with Crippen molar-refractivity contribution in [3.05, 3.63) is 29.3 Å². The van der Waals surface area contributed by atoms with Crippen LogP contribution in [0.4, 0.5) is 0 Å². The van der Waals surface area contributed by atoms with Crippen LogP contribution in [0, 0.1) is 5.92 Å². The molecule has 2 rings (SSSR count). The molecule has 1 nitrogen and oxygen atoms in total. The molecule has 1 aliphatic carbocycles. The molecule has 76 valence electrons. The zero-order chi connectivity index (χ0) is 9.97. The third kappa shape index (κ3) is 1.92. The van der Waals surface area contributed by atoms with Crippen molar-refractivity contribution < 1.29 is 4.74 Å². The lowest BCUT2D eigenvalue weighted by atomic mass is 9.98. The van der Waals surface area contributed by atoms with E-state index in [9.17, 15) is 0 Å². The van der Waals surface area contributed by atoms with Gasteiger partial charge in [-0.15, -0.1) is 0 Å². The van der Waals surface area contributed by atoms with Crippen LogP contribution in [0.2, 0.25) is 0 Å². The van der Waals surface area contributed by atoms with Crippen LogP contribution in [0.1, 0.15) is 30.9 Å². The standard InChI is InChI=1S/C13H18O/c1-10-4-3-5-11-6-7-13(14-2)9-12(11)8-10/h6-7,9-10H,3-5,8H2,1-2H3. The number of ether oxygens (including phenoxy) is 1. The second-order valence-electron chi connectivity index (χ2n) is 4.34. The number of rotatable bonds is 1. The van der Waals surface area contributed by atoms with Crippen LogP contribution in [0.25, 0.3) is 0 Å². The smallest absolute Gasteiger partial charge is 0.119 e. The monoisotopic (exact) mass is 190 g/mol. The van der Waals surface area contributed by atoms with E-state index in [-0.39, 0.29) is 0 Å². The quantitative estimate of drug-likeness (QED) is 0.618. The van der Waals surface area contributed by atoms with Crippen LogP contribution < -0.4 is 4.74 Å². The summed E-state index contributed by atoms with van der Waals surface area (Å²) in [6, 6.07) is 6.51. The molecule has 14 heavy (non-hydrogen) atoms. The molecule has 0 radical (unpaired) electrons. The lowest BCUT2D eigenvalue weighted by Gasteiger charge is -2.10. The highest BCUT2D eigenvalue weighted by Crippen LogP contribution is 2.27. The molecular formula is C13H18O. The number of aryl methyl sites for hydroxylation is 1. The van der Waals surface area contributed by atoms with Gasteiger partial charge in [-0.2, -0.15) is 0 Å². The summed E-state index contributed by atoms with van der Waals surface area (Å²) >= 11 is 0. The summed E-state index contributed by atoms with van der Waals surface area (Å²) in [5.41, 5.74) is 3.02. The Bertz CT molecular complexity index is 317. The first-order valence-corrected chi connectivity index (χ1v) is 5.45.